The summed E-state index contributed by atoms with van der Waals surface area (Å²) < 4.78 is 18.8. The summed E-state index contributed by atoms with van der Waals surface area (Å²) in [6, 6.07) is 27.5. The monoisotopic (exact) mass is 1060 g/mol. The summed E-state index contributed by atoms with van der Waals surface area (Å²) in [4.78, 5) is 117. The molecule has 5 aliphatic rings. The van der Waals surface area contributed by atoms with E-state index in [1.807, 2.05) is 72.6 Å². The molecule has 0 bridgehead atoms. The van der Waals surface area contributed by atoms with Gasteiger partial charge in [-0.25, -0.2) is 4.79 Å². The third kappa shape index (κ3) is 11.1. The maximum atomic E-state index is 14.2. The zero-order chi connectivity index (χ0) is 54.8. The lowest BCUT2D eigenvalue weighted by Gasteiger charge is -2.23. The Morgan fingerprint density at radius 1 is 0.705 bits per heavy atom. The summed E-state index contributed by atoms with van der Waals surface area (Å²) in [5.41, 5.74) is 8.92. The van der Waals surface area contributed by atoms with E-state index in [-0.39, 0.29) is 87.8 Å². The fraction of sp³-hybridized carbons (Fsp3) is 0.350. The lowest BCUT2D eigenvalue weighted by molar-refractivity contribution is -0.197. The Bertz CT molecular complexity index is 3300. The van der Waals surface area contributed by atoms with E-state index in [1.165, 1.54) is 7.11 Å². The number of para-hydroxylation sites is 2. The normalized spacial score (nSPS) is 17.6. The minimum atomic E-state index is -0.903. The predicted molar refractivity (Wildman–Crippen MR) is 288 cm³/mol. The molecule has 18 nitrogen and oxygen atoms in total. The number of Topliss-reactive ketones (excluding diaryl/α,β-unsaturated/α-hetero) is 1. The topological polar surface area (TPSA) is 220 Å². The largest absolute Gasteiger partial charge is 0.493 e. The van der Waals surface area contributed by atoms with Crippen molar-refractivity contribution in [2.75, 3.05) is 22.2 Å². The van der Waals surface area contributed by atoms with Gasteiger partial charge in [-0.1, -0.05) is 43.3 Å². The van der Waals surface area contributed by atoms with Crippen molar-refractivity contribution in [1.82, 2.24) is 10.4 Å². The van der Waals surface area contributed by atoms with Crippen LogP contribution < -0.4 is 34.6 Å². The minimum absolute atomic E-state index is 0.0103. The molecule has 0 radical (unpaired) electrons. The summed E-state index contributed by atoms with van der Waals surface area (Å²) >= 11 is 0. The lowest BCUT2D eigenvalue weighted by Crippen LogP contribution is -2.39. The van der Waals surface area contributed by atoms with Gasteiger partial charge in [-0.3, -0.25) is 43.5 Å². The number of rotatable bonds is 19. The molecule has 402 valence electrons. The van der Waals surface area contributed by atoms with Crippen LogP contribution in [0.3, 0.4) is 0 Å². The third-order valence-corrected chi connectivity index (χ3v) is 15.0. The highest BCUT2D eigenvalue weighted by molar-refractivity contribution is 6.15. The second-order valence-corrected chi connectivity index (χ2v) is 20.6. The Hall–Kier alpha value is -8.67. The molecule has 0 saturated carbocycles. The second kappa shape index (κ2) is 22.5. The van der Waals surface area contributed by atoms with Crippen molar-refractivity contribution in [3.8, 4) is 17.2 Å². The van der Waals surface area contributed by atoms with E-state index in [2.05, 4.69) is 16.7 Å². The predicted octanol–water partition coefficient (Wildman–Crippen LogP) is 8.17. The van der Waals surface area contributed by atoms with Crippen molar-refractivity contribution in [3.05, 3.63) is 136 Å². The number of nitrogens with one attached hydrogen (secondary N) is 2. The van der Waals surface area contributed by atoms with Gasteiger partial charge in [0, 0.05) is 85.4 Å². The Balaban J connectivity index is 0.816. The summed E-state index contributed by atoms with van der Waals surface area (Å²) in [7, 11) is 1.53. The van der Waals surface area contributed by atoms with Gasteiger partial charge >= 0.3 is 5.97 Å². The number of aliphatic imine (C=N–C) groups is 1. The first-order chi connectivity index (χ1) is 37.6. The number of amides is 6. The van der Waals surface area contributed by atoms with Crippen molar-refractivity contribution in [2.24, 2.45) is 10.9 Å². The van der Waals surface area contributed by atoms with E-state index in [0.717, 1.165) is 46.5 Å². The maximum absolute atomic E-state index is 14.2. The van der Waals surface area contributed by atoms with E-state index < -0.39 is 41.6 Å². The molecule has 4 atom stereocenters. The molecule has 5 aliphatic heterocycles. The average molecular weight is 1060 g/mol. The van der Waals surface area contributed by atoms with Gasteiger partial charge in [0.1, 0.15) is 19.0 Å². The molecule has 1 saturated heterocycles. The van der Waals surface area contributed by atoms with E-state index in [4.69, 9.17) is 24.0 Å². The molecule has 5 aromatic carbocycles. The number of ether oxygens (including phenoxy) is 3. The standard InChI is InChI=1S/C60H60N6O12/c1-34-21-46-47(61-31-44-27-41-12-6-8-14-49(41)65(44)60(46)74)30-51(34)76-32-37-23-38(33-77-53-28-39-17-18-43-26-40-11-5-7-13-48(40)64(43)59(73)45(39)29-52(53)75-4)25-42(24-37)63-58(72)35(2)22-50(67)36(3)62-54(68)15-9-10-16-57(71)78-66-55(69)19-20-56(66)70/h5-8,11-14,21,23-25,28-31,35-36,43-44H,9-10,15-20,22,26-27,32-33H2,1-4H3,(H,62,68)(H,63,72)/t35-,36+,43-,44+/m1/s1. The van der Waals surface area contributed by atoms with Crippen LogP contribution in [0.25, 0.3) is 0 Å². The molecule has 2 N–H and O–H groups in total. The lowest BCUT2D eigenvalue weighted by atomic mass is 9.99. The molecule has 0 aliphatic carbocycles. The van der Waals surface area contributed by atoms with Crippen LogP contribution in [0.1, 0.15) is 119 Å². The highest BCUT2D eigenvalue weighted by Gasteiger charge is 2.39. The highest BCUT2D eigenvalue weighted by atomic mass is 16.7. The number of aryl methyl sites for hydroxylation is 2. The van der Waals surface area contributed by atoms with E-state index in [0.29, 0.717) is 68.8 Å². The van der Waals surface area contributed by atoms with Crippen molar-refractivity contribution < 1.29 is 57.4 Å². The van der Waals surface area contributed by atoms with Crippen molar-refractivity contribution in [3.63, 3.8) is 0 Å². The van der Waals surface area contributed by atoms with E-state index in [9.17, 15) is 38.4 Å². The maximum Gasteiger partial charge on any atom is 0.333 e. The zero-order valence-electron chi connectivity index (χ0n) is 43.9. The third-order valence-electron chi connectivity index (χ3n) is 15.0. The smallest absolute Gasteiger partial charge is 0.333 e. The number of unbranched alkanes of at least 4 members (excludes halogenated alkanes) is 1. The minimum Gasteiger partial charge on any atom is -0.493 e. The molecular weight excluding hydrogens is 997 g/mol. The molecule has 6 amide bonds. The molecular formula is C60H60N6O12. The number of benzene rings is 5. The molecule has 5 heterocycles. The van der Waals surface area contributed by atoms with Gasteiger partial charge in [0.15, 0.2) is 17.3 Å². The van der Waals surface area contributed by atoms with Crippen molar-refractivity contribution in [1.29, 1.82) is 0 Å². The van der Waals surface area contributed by atoms with Gasteiger partial charge < -0.3 is 34.6 Å². The van der Waals surface area contributed by atoms with Crippen LogP contribution in [-0.4, -0.2) is 83.7 Å². The van der Waals surface area contributed by atoms with Crippen LogP contribution in [0.2, 0.25) is 0 Å². The van der Waals surface area contributed by atoms with Gasteiger partial charge in [0.05, 0.1) is 30.4 Å². The Labute approximate surface area is 451 Å². The first-order valence-corrected chi connectivity index (χ1v) is 26.4. The average Bonchev–Trinajstić information content (AvgIpc) is 4.10. The number of fused-ring (bicyclic) bond motifs is 8. The quantitative estimate of drug-likeness (QED) is 0.0591. The summed E-state index contributed by atoms with van der Waals surface area (Å²) in [5, 5.41) is 6.12. The number of imide groups is 1. The number of hydroxylamine groups is 2. The molecule has 0 unspecified atom stereocenters. The van der Waals surface area contributed by atoms with Crippen molar-refractivity contribution in [2.45, 2.75) is 123 Å². The first kappa shape index (κ1) is 52.8. The Morgan fingerprint density at radius 3 is 2.08 bits per heavy atom. The van der Waals surface area contributed by atoms with Gasteiger partial charge in [-0.05, 0) is 128 Å². The number of ketones is 1. The van der Waals surface area contributed by atoms with Crippen LogP contribution in [0, 0.1) is 12.8 Å². The Morgan fingerprint density at radius 2 is 1.36 bits per heavy atom. The van der Waals surface area contributed by atoms with E-state index in [1.54, 1.807) is 49.1 Å². The number of carbonyl (C=O) groups excluding carboxylic acids is 8. The number of hydrogen-bond donors (Lipinski definition) is 2. The van der Waals surface area contributed by atoms with Crippen LogP contribution in [0.4, 0.5) is 22.7 Å². The highest BCUT2D eigenvalue weighted by Crippen LogP contribution is 2.42. The van der Waals surface area contributed by atoms with Gasteiger partial charge in [0.2, 0.25) is 11.8 Å². The zero-order valence-corrected chi connectivity index (χ0v) is 43.9. The van der Waals surface area contributed by atoms with Gasteiger partial charge in [0.25, 0.3) is 23.6 Å². The number of methoxy groups -OCH3 is 1. The van der Waals surface area contributed by atoms with Crippen LogP contribution >= 0.6 is 0 Å². The SMILES string of the molecule is COc1cc2c(cc1OCc1cc(COc3cc4c(cc3C)C(=O)N3c5ccccc5C[C@H]3C=N4)cc(NC(=O)[C@H](C)CC(=O)[C@H](C)NC(=O)CCCCC(=O)ON3C(=O)CCC3=O)c1)CC[C@@H]1Cc3ccccc3N1C2=O. The van der Waals surface area contributed by atoms with Crippen LogP contribution in [0.5, 0.6) is 17.2 Å². The summed E-state index contributed by atoms with van der Waals surface area (Å²) in [6.45, 7) is 5.12. The van der Waals surface area contributed by atoms with Gasteiger partial charge in [-0.2, -0.15) is 0 Å². The molecule has 0 aromatic heterocycles. The molecule has 1 fully saturated rings. The molecule has 78 heavy (non-hydrogen) atoms. The number of nitrogens with zero attached hydrogens (tertiary/aromatic N) is 4. The number of hydrogen-bond acceptors (Lipinski definition) is 13. The molecule has 5 aromatic rings. The molecule has 0 spiro atoms. The Kier molecular flexibility index (Phi) is 15.2. The first-order valence-electron chi connectivity index (χ1n) is 26.4. The molecule has 10 rings (SSSR count). The van der Waals surface area contributed by atoms with Crippen molar-refractivity contribution >= 4 is 76.2 Å². The fourth-order valence-corrected chi connectivity index (χ4v) is 10.8. The van der Waals surface area contributed by atoms with Crippen LogP contribution in [-0.2, 0) is 66.1 Å². The van der Waals surface area contributed by atoms with Crippen LogP contribution in [0.15, 0.2) is 96.0 Å². The van der Waals surface area contributed by atoms with E-state index >= 15 is 0 Å². The summed E-state index contributed by atoms with van der Waals surface area (Å²) in [5.74, 6) is -2.79. The summed E-state index contributed by atoms with van der Waals surface area (Å²) in [6.07, 6.45) is 4.95. The van der Waals surface area contributed by atoms with Gasteiger partial charge in [-0.15, -0.1) is 5.06 Å². The number of carbonyl (C=O) groups is 8. The molecule has 18 heteroatoms. The second-order valence-electron chi connectivity index (χ2n) is 20.6. The fourth-order valence-electron chi connectivity index (χ4n) is 10.8. The number of anilines is 3.